The molecule has 4 aliphatic heterocycles. The number of rotatable bonds is 25. The second kappa shape index (κ2) is 41.1. The van der Waals surface area contributed by atoms with Crippen molar-refractivity contribution >= 4 is 115 Å². The molecule has 4 aliphatic rings. The van der Waals surface area contributed by atoms with Gasteiger partial charge in [-0.25, -0.2) is 28.8 Å². The number of hydrogen-bond acceptors (Lipinski definition) is 22. The number of carbonyl (C=O) groups is 14. The van der Waals surface area contributed by atoms with E-state index in [1.54, 1.807) is 31.4 Å². The van der Waals surface area contributed by atoms with E-state index in [1.165, 1.54) is 36.3 Å². The summed E-state index contributed by atoms with van der Waals surface area (Å²) in [5.41, 5.74) is 9.38. The number of nitrogens with zero attached hydrogens (tertiary/aromatic N) is 4. The van der Waals surface area contributed by atoms with Crippen molar-refractivity contribution in [3.63, 3.8) is 0 Å². The Labute approximate surface area is 658 Å². The largest absolute Gasteiger partial charge is 0.497 e. The Hall–Kier alpha value is -14.0. The minimum atomic E-state index is -0.653. The van der Waals surface area contributed by atoms with Crippen LogP contribution in [0.3, 0.4) is 0 Å². The van der Waals surface area contributed by atoms with Crippen LogP contribution in [0.25, 0.3) is 43.4 Å². The van der Waals surface area contributed by atoms with Gasteiger partial charge in [0.1, 0.15) is 44.5 Å². The molecule has 8 aromatic carbocycles. The highest BCUT2D eigenvalue weighted by Gasteiger charge is 2.40. The summed E-state index contributed by atoms with van der Waals surface area (Å²) >= 11 is 0. The van der Waals surface area contributed by atoms with Crippen LogP contribution >= 0.6 is 0 Å². The quantitative estimate of drug-likeness (QED) is 0.0169. The van der Waals surface area contributed by atoms with E-state index in [2.05, 4.69) is 48.9 Å². The fraction of sp³-hybridized carbons (Fsp3) is 0.227. The Morgan fingerprint density at radius 1 is 0.289 bits per heavy atom. The molecule has 0 radical (unpaired) electrons. The Morgan fingerprint density at radius 2 is 0.535 bits per heavy atom. The van der Waals surface area contributed by atoms with Crippen LogP contribution in [-0.2, 0) is 57.2 Å². The van der Waals surface area contributed by atoms with Gasteiger partial charge in [-0.05, 0) is 157 Å². The lowest BCUT2D eigenvalue weighted by Crippen LogP contribution is -2.44. The number of benzene rings is 8. The predicted molar refractivity (Wildman–Crippen MR) is 425 cm³/mol. The summed E-state index contributed by atoms with van der Waals surface area (Å²) < 4.78 is 38.9. The van der Waals surface area contributed by atoms with Crippen LogP contribution in [0.2, 0.25) is 0 Å². The number of methoxy groups -OCH3 is 2. The Balaban J connectivity index is 0.000000200. The highest BCUT2D eigenvalue weighted by Crippen LogP contribution is 2.40. The monoisotopic (exact) mass is 1550 g/mol. The van der Waals surface area contributed by atoms with Gasteiger partial charge in [0.15, 0.2) is 0 Å². The maximum absolute atomic E-state index is 13.0. The molecule has 0 saturated heterocycles. The number of aryl methyl sites for hydroxylation is 4. The van der Waals surface area contributed by atoms with Gasteiger partial charge in [-0.3, -0.25) is 58.0 Å². The van der Waals surface area contributed by atoms with Gasteiger partial charge in [0, 0.05) is 109 Å². The zero-order chi connectivity index (χ0) is 83.6. The second-order valence-corrected chi connectivity index (χ2v) is 25.0. The average molecular weight is 1550 g/mol. The summed E-state index contributed by atoms with van der Waals surface area (Å²) in [6.07, 6.45) is 7.96. The molecule has 0 atom stereocenters. The van der Waals surface area contributed by atoms with Gasteiger partial charge >= 0.3 is 35.8 Å². The van der Waals surface area contributed by atoms with E-state index in [-0.39, 0.29) is 93.3 Å². The van der Waals surface area contributed by atoms with Gasteiger partial charge in [-0.2, -0.15) is 0 Å². The number of carbonyl (C=O) groups excluding carboxylic acids is 14. The molecule has 590 valence electrons. The molecule has 26 heteroatoms. The van der Waals surface area contributed by atoms with Gasteiger partial charge in [-0.1, -0.05) is 102 Å². The van der Waals surface area contributed by atoms with Gasteiger partial charge in [-0.15, -0.1) is 0 Å². The lowest BCUT2D eigenvalue weighted by atomic mass is 9.86. The van der Waals surface area contributed by atoms with Crippen molar-refractivity contribution in [1.29, 1.82) is 0 Å². The van der Waals surface area contributed by atoms with Crippen molar-refractivity contribution in [1.82, 2.24) is 19.6 Å². The van der Waals surface area contributed by atoms with E-state index < -0.39 is 53.5 Å². The molecule has 8 amide bonds. The Bertz CT molecular complexity index is 4860. The predicted octanol–water partition coefficient (Wildman–Crippen LogP) is 12.7. The summed E-state index contributed by atoms with van der Waals surface area (Å²) in [4.78, 5) is 171. The van der Waals surface area contributed by atoms with Crippen LogP contribution in [0.5, 0.6) is 11.5 Å². The van der Waals surface area contributed by atoms with Gasteiger partial charge in [0.05, 0.1) is 40.5 Å². The van der Waals surface area contributed by atoms with Crippen molar-refractivity contribution in [3.8, 4) is 22.6 Å². The third-order valence-electron chi connectivity index (χ3n) is 17.8. The highest BCUT2D eigenvalue weighted by molar-refractivity contribution is 6.33. The summed E-state index contributed by atoms with van der Waals surface area (Å²) in [5, 5.41) is 3.98. The van der Waals surface area contributed by atoms with Gasteiger partial charge in [0.25, 0.3) is 47.3 Å². The van der Waals surface area contributed by atoms with E-state index in [1.807, 2.05) is 114 Å². The first kappa shape index (κ1) is 87.2. The number of hydrogen-bond donors (Lipinski definition) is 0. The molecule has 8 aromatic rings. The van der Waals surface area contributed by atoms with Gasteiger partial charge < -0.3 is 37.9 Å². The molecule has 0 unspecified atom stereocenters. The number of imide groups is 4. The molecule has 0 fully saturated rings. The fourth-order valence-corrected chi connectivity index (χ4v) is 12.4. The van der Waals surface area contributed by atoms with Crippen molar-refractivity contribution in [2.24, 2.45) is 0 Å². The van der Waals surface area contributed by atoms with E-state index in [4.69, 9.17) is 28.4 Å². The van der Waals surface area contributed by atoms with E-state index in [9.17, 15) is 67.1 Å². The first-order chi connectivity index (χ1) is 54.6. The van der Waals surface area contributed by atoms with Crippen molar-refractivity contribution in [2.75, 3.05) is 80.0 Å². The molecular formula is C88H86N4O22. The minimum absolute atomic E-state index is 0.0138. The first-order valence-electron chi connectivity index (χ1n) is 35.8. The number of ether oxygens (including phenoxy) is 8. The van der Waals surface area contributed by atoms with Crippen molar-refractivity contribution in [2.45, 2.75) is 54.4 Å². The molecule has 4 heterocycles. The zero-order valence-corrected chi connectivity index (χ0v) is 64.5. The summed E-state index contributed by atoms with van der Waals surface area (Å²) in [6, 6.07) is 36.2. The van der Waals surface area contributed by atoms with Crippen LogP contribution in [0, 0.1) is 27.7 Å². The van der Waals surface area contributed by atoms with E-state index in [0.29, 0.717) is 74.6 Å². The van der Waals surface area contributed by atoms with Crippen molar-refractivity contribution in [3.05, 3.63) is 264 Å². The standard InChI is InChI=1S/C22H18N2O6.2C19H17NO4.C18H18O4.C6H10O2.C4H6O2/c1-3-9-23-19(26)12-5-7-14-18-15(8-6-13(17(12)18)20(23)27)22(29)24(21(14)28)10-11-30-16(25)4-2;2*1-4-15(21)24-10-9-20-18(22)13-7-5-11(2)16-12(3)6-8-14(17(13)16)19(20)23;1-3-18(19)22-13-12-21-17-10-6-15(7-11-17)14-4-8-16(20-2)9-5-14;1-3-5-8-6(7)4-2;1-3-4(5)6-2/h4-8H,2-3,9-11H2,1H3;2*4-8H,1,9-10H2,2-3H3;3-11H,1,12-13H2,2H3;4H,2-3,5H2,1H3;3H,1H2,2H3. The SMILES string of the molecule is C=CC(=O)OC.C=CC(=O)OCCC.C=CC(=O)OCCN1C(=O)c2ccc(C)c3c(C)ccc(c23)C1=O.C=CC(=O)OCCN1C(=O)c2ccc(C)c3c(C)ccc(c23)C1=O.C=CC(=O)OCCN1C(=O)c2ccc3c4c(ccc(c24)C1=O)C(=O)N(CCC)C3=O.C=CC(=O)OCCOc1ccc(-c2ccc(OC)cc2)cc1. The summed E-state index contributed by atoms with van der Waals surface area (Å²) in [7, 11) is 2.96. The third kappa shape index (κ3) is 20.5. The van der Waals surface area contributed by atoms with Crippen LogP contribution in [-0.4, -0.2) is 183 Å². The second-order valence-electron chi connectivity index (χ2n) is 25.0. The topological polar surface area (TPSA) is 326 Å². The maximum Gasteiger partial charge on any atom is 0.330 e. The molecule has 0 N–H and O–H groups in total. The van der Waals surface area contributed by atoms with E-state index >= 15 is 0 Å². The fourth-order valence-electron chi connectivity index (χ4n) is 12.4. The highest BCUT2D eigenvalue weighted by atomic mass is 16.6. The van der Waals surface area contributed by atoms with Crippen LogP contribution in [0.15, 0.2) is 197 Å². The Kier molecular flexibility index (Phi) is 31.5. The molecule has 0 saturated carbocycles. The van der Waals surface area contributed by atoms with Crippen LogP contribution < -0.4 is 9.47 Å². The Morgan fingerprint density at radius 3 is 0.781 bits per heavy atom. The molecule has 0 aromatic heterocycles. The molecule has 26 nitrogen and oxygen atoms in total. The molecule has 0 spiro atoms. The van der Waals surface area contributed by atoms with Crippen LogP contribution in [0.1, 0.15) is 132 Å². The first-order valence-corrected chi connectivity index (χ1v) is 35.8. The smallest absolute Gasteiger partial charge is 0.330 e. The normalized spacial score (nSPS) is 12.4. The maximum atomic E-state index is 13.0. The molecule has 12 rings (SSSR count). The molecule has 0 aliphatic carbocycles. The average Bonchev–Trinajstić information content (AvgIpc) is 0.723. The summed E-state index contributed by atoms with van der Waals surface area (Å²) in [5.74, 6) is -4.89. The van der Waals surface area contributed by atoms with E-state index in [0.717, 1.165) is 113 Å². The molecule has 0 bridgehead atoms. The number of amides is 8. The molecular weight excluding hydrogens is 1460 g/mol. The van der Waals surface area contributed by atoms with Gasteiger partial charge in [0.2, 0.25) is 0 Å². The number of esters is 6. The minimum Gasteiger partial charge on any atom is -0.497 e. The van der Waals surface area contributed by atoms with Crippen LogP contribution in [0.4, 0.5) is 0 Å². The lowest BCUT2D eigenvalue weighted by molar-refractivity contribution is -0.139. The third-order valence-corrected chi connectivity index (χ3v) is 17.8. The van der Waals surface area contributed by atoms with Crippen molar-refractivity contribution < 1.29 is 105 Å². The zero-order valence-electron chi connectivity index (χ0n) is 64.5. The lowest BCUT2D eigenvalue weighted by Gasteiger charge is -2.31. The molecule has 114 heavy (non-hydrogen) atoms. The summed E-state index contributed by atoms with van der Waals surface area (Å²) in [6.45, 7) is 32.2.